The summed E-state index contributed by atoms with van der Waals surface area (Å²) in [5.74, 6) is -0.261. The molecule has 1 saturated carbocycles. The Kier molecular flexibility index (Phi) is 6.84. The monoisotopic (exact) mass is 270 g/mol. The first kappa shape index (κ1) is 16.0. The first-order valence-corrected chi connectivity index (χ1v) is 7.22. The highest BCUT2D eigenvalue weighted by Gasteiger charge is 2.25. The Morgan fingerprint density at radius 1 is 1.21 bits per heavy atom. The van der Waals surface area contributed by atoms with Gasteiger partial charge in [-0.2, -0.15) is 0 Å². The van der Waals surface area contributed by atoms with Crippen molar-refractivity contribution in [2.24, 2.45) is 11.8 Å². The van der Waals surface area contributed by atoms with Gasteiger partial charge in [0.15, 0.2) is 0 Å². The number of amides is 1. The highest BCUT2D eigenvalue weighted by Crippen LogP contribution is 2.24. The number of hydrogen-bond donors (Lipinski definition) is 3. The van der Waals surface area contributed by atoms with Crippen molar-refractivity contribution in [1.29, 1.82) is 0 Å². The molecule has 1 fully saturated rings. The summed E-state index contributed by atoms with van der Waals surface area (Å²) >= 11 is 0. The minimum absolute atomic E-state index is 0.0287. The van der Waals surface area contributed by atoms with Crippen LogP contribution in [0, 0.1) is 11.8 Å². The molecule has 19 heavy (non-hydrogen) atoms. The summed E-state index contributed by atoms with van der Waals surface area (Å²) in [7, 11) is 0. The van der Waals surface area contributed by atoms with Crippen molar-refractivity contribution in [2.75, 3.05) is 13.1 Å². The molecule has 1 aliphatic carbocycles. The highest BCUT2D eigenvalue weighted by atomic mass is 16.4. The molecule has 0 aromatic heterocycles. The third-order valence-corrected chi connectivity index (χ3v) is 3.67. The fraction of sp³-hybridized carbons (Fsp3) is 0.857. The number of carboxylic acid groups (broad SMARTS) is 1. The van der Waals surface area contributed by atoms with E-state index in [1.165, 1.54) is 0 Å². The first-order chi connectivity index (χ1) is 8.99. The molecule has 1 aliphatic rings. The maximum Gasteiger partial charge on any atom is 0.306 e. The largest absolute Gasteiger partial charge is 0.481 e. The van der Waals surface area contributed by atoms with Crippen molar-refractivity contribution in [1.82, 2.24) is 10.6 Å². The van der Waals surface area contributed by atoms with Crippen molar-refractivity contribution in [2.45, 2.75) is 52.0 Å². The molecule has 0 aromatic rings. The number of aliphatic carboxylic acids is 1. The molecule has 1 rings (SSSR count). The third-order valence-electron chi connectivity index (χ3n) is 3.67. The van der Waals surface area contributed by atoms with Crippen molar-refractivity contribution >= 4 is 11.9 Å². The number of carbonyl (C=O) groups excluding carboxylic acids is 1. The quantitative estimate of drug-likeness (QED) is 0.653. The standard InChI is InChI=1S/C14H26N2O3/c1-10(2)7-8-15-13(17)9-16-12-5-3-11(4-6-12)14(18)19/h10-12,16H,3-9H2,1-2H3,(H,15,17)(H,18,19). The second kappa shape index (κ2) is 8.15. The molecule has 0 unspecified atom stereocenters. The van der Waals surface area contributed by atoms with E-state index in [1.807, 2.05) is 0 Å². The van der Waals surface area contributed by atoms with Crippen molar-refractivity contribution in [3.8, 4) is 0 Å². The lowest BCUT2D eigenvalue weighted by molar-refractivity contribution is -0.143. The fourth-order valence-electron chi connectivity index (χ4n) is 2.34. The fourth-order valence-corrected chi connectivity index (χ4v) is 2.34. The maximum absolute atomic E-state index is 11.6. The zero-order valence-corrected chi connectivity index (χ0v) is 11.9. The number of hydrogen-bond acceptors (Lipinski definition) is 3. The van der Waals surface area contributed by atoms with Gasteiger partial charge in [-0.05, 0) is 38.0 Å². The molecule has 110 valence electrons. The van der Waals surface area contributed by atoms with E-state index in [0.717, 1.165) is 25.8 Å². The molecule has 0 radical (unpaired) electrons. The van der Waals surface area contributed by atoms with Crippen molar-refractivity contribution in [3.05, 3.63) is 0 Å². The van der Waals surface area contributed by atoms with Crippen LogP contribution in [0.4, 0.5) is 0 Å². The Morgan fingerprint density at radius 2 is 1.84 bits per heavy atom. The average Bonchev–Trinajstić information content (AvgIpc) is 2.36. The van der Waals surface area contributed by atoms with Crippen LogP contribution >= 0.6 is 0 Å². The molecule has 3 N–H and O–H groups in total. The van der Waals surface area contributed by atoms with Crippen molar-refractivity contribution < 1.29 is 14.7 Å². The van der Waals surface area contributed by atoms with E-state index in [-0.39, 0.29) is 17.9 Å². The summed E-state index contributed by atoms with van der Waals surface area (Å²) in [4.78, 5) is 22.4. The van der Waals surface area contributed by atoms with E-state index in [0.29, 0.717) is 25.3 Å². The van der Waals surface area contributed by atoms with Crippen LogP contribution in [0.25, 0.3) is 0 Å². The normalized spacial score (nSPS) is 23.3. The number of carboxylic acids is 1. The van der Waals surface area contributed by atoms with Crippen LogP contribution in [0.2, 0.25) is 0 Å². The smallest absolute Gasteiger partial charge is 0.306 e. The lowest BCUT2D eigenvalue weighted by atomic mass is 9.86. The van der Waals surface area contributed by atoms with Crippen LogP contribution in [0.15, 0.2) is 0 Å². The zero-order chi connectivity index (χ0) is 14.3. The Bertz CT molecular complexity index is 297. The molecule has 0 spiro atoms. The van der Waals surface area contributed by atoms with Gasteiger partial charge in [-0.1, -0.05) is 13.8 Å². The number of rotatable bonds is 7. The van der Waals surface area contributed by atoms with Gasteiger partial charge in [-0.15, -0.1) is 0 Å². The predicted molar refractivity (Wildman–Crippen MR) is 73.8 cm³/mol. The third kappa shape index (κ3) is 6.57. The highest BCUT2D eigenvalue weighted by molar-refractivity contribution is 5.78. The summed E-state index contributed by atoms with van der Waals surface area (Å²) in [6.45, 7) is 5.32. The first-order valence-electron chi connectivity index (χ1n) is 7.22. The van der Waals surface area contributed by atoms with Gasteiger partial charge in [0.05, 0.1) is 12.5 Å². The summed E-state index contributed by atoms with van der Waals surface area (Å²) in [6.07, 6.45) is 4.10. The van der Waals surface area contributed by atoms with Gasteiger partial charge in [-0.25, -0.2) is 0 Å². The van der Waals surface area contributed by atoms with Crippen LogP contribution in [-0.4, -0.2) is 36.1 Å². The van der Waals surface area contributed by atoms with Gasteiger partial charge in [0.1, 0.15) is 0 Å². The van der Waals surface area contributed by atoms with E-state index >= 15 is 0 Å². The van der Waals surface area contributed by atoms with Gasteiger partial charge in [0, 0.05) is 12.6 Å². The summed E-state index contributed by atoms with van der Waals surface area (Å²) in [5, 5.41) is 15.0. The minimum Gasteiger partial charge on any atom is -0.481 e. The molecule has 5 nitrogen and oxygen atoms in total. The molecule has 0 saturated heterocycles. The minimum atomic E-state index is -0.690. The summed E-state index contributed by atoms with van der Waals surface area (Å²) in [5.41, 5.74) is 0. The van der Waals surface area contributed by atoms with E-state index in [4.69, 9.17) is 5.11 Å². The Labute approximate surface area is 115 Å². The van der Waals surface area contributed by atoms with E-state index in [9.17, 15) is 9.59 Å². The molecular weight excluding hydrogens is 244 g/mol. The molecular formula is C14H26N2O3. The SMILES string of the molecule is CC(C)CCNC(=O)CNC1CCC(C(=O)O)CC1. The lowest BCUT2D eigenvalue weighted by Crippen LogP contribution is -2.41. The van der Waals surface area contributed by atoms with Crippen LogP contribution in [0.1, 0.15) is 46.0 Å². The Morgan fingerprint density at radius 3 is 2.37 bits per heavy atom. The van der Waals surface area contributed by atoms with Crippen molar-refractivity contribution in [3.63, 3.8) is 0 Å². The van der Waals surface area contributed by atoms with E-state index < -0.39 is 5.97 Å². The number of carbonyl (C=O) groups is 2. The topological polar surface area (TPSA) is 78.4 Å². The summed E-state index contributed by atoms with van der Waals surface area (Å²) < 4.78 is 0. The van der Waals surface area contributed by atoms with Gasteiger partial charge in [0.2, 0.25) is 5.91 Å². The molecule has 5 heteroatoms. The average molecular weight is 270 g/mol. The number of nitrogens with one attached hydrogen (secondary N) is 2. The van der Waals surface area contributed by atoms with Gasteiger partial charge < -0.3 is 15.7 Å². The summed E-state index contributed by atoms with van der Waals surface area (Å²) in [6, 6.07) is 0.284. The second-order valence-electron chi connectivity index (χ2n) is 5.80. The van der Waals surface area contributed by atoms with Crippen LogP contribution in [-0.2, 0) is 9.59 Å². The van der Waals surface area contributed by atoms with Gasteiger partial charge in [-0.3, -0.25) is 9.59 Å². The zero-order valence-electron chi connectivity index (χ0n) is 11.9. The van der Waals surface area contributed by atoms with Crippen LogP contribution < -0.4 is 10.6 Å². The lowest BCUT2D eigenvalue weighted by Gasteiger charge is -2.26. The predicted octanol–water partition coefficient (Wildman–Crippen LogP) is 1.38. The molecule has 0 atom stereocenters. The maximum atomic E-state index is 11.6. The molecule has 0 heterocycles. The Balaban J connectivity index is 2.10. The van der Waals surface area contributed by atoms with Crippen LogP contribution in [0.3, 0.4) is 0 Å². The van der Waals surface area contributed by atoms with E-state index in [1.54, 1.807) is 0 Å². The second-order valence-corrected chi connectivity index (χ2v) is 5.80. The van der Waals surface area contributed by atoms with E-state index in [2.05, 4.69) is 24.5 Å². The molecule has 1 amide bonds. The Hall–Kier alpha value is -1.10. The molecule has 0 aliphatic heterocycles. The van der Waals surface area contributed by atoms with Gasteiger partial charge in [0.25, 0.3) is 0 Å². The van der Waals surface area contributed by atoms with Gasteiger partial charge >= 0.3 is 5.97 Å². The molecule has 0 aromatic carbocycles. The molecule has 0 bridgehead atoms. The van der Waals surface area contributed by atoms with Crippen LogP contribution in [0.5, 0.6) is 0 Å².